The van der Waals surface area contributed by atoms with E-state index in [1.807, 2.05) is 29.0 Å². The van der Waals surface area contributed by atoms with Gasteiger partial charge in [0.1, 0.15) is 5.75 Å². The number of thiophene rings is 1. The number of nitrogens with zero attached hydrogens (tertiary/aromatic N) is 3. The summed E-state index contributed by atoms with van der Waals surface area (Å²) in [6.45, 7) is 2.77. The molecule has 0 spiro atoms. The van der Waals surface area contributed by atoms with E-state index in [1.165, 1.54) is 11.8 Å². The number of hydrogen-bond donors (Lipinski definition) is 1. The zero-order valence-electron chi connectivity index (χ0n) is 14.2. The number of hydrogen-bond acceptors (Lipinski definition) is 6. The highest BCUT2D eigenvalue weighted by Crippen LogP contribution is 2.28. The Kier molecular flexibility index (Phi) is 6.18. The molecule has 136 valence electrons. The van der Waals surface area contributed by atoms with E-state index in [2.05, 4.69) is 15.5 Å². The molecule has 0 aliphatic carbocycles. The number of rotatable bonds is 7. The first-order chi connectivity index (χ1) is 12.6. The van der Waals surface area contributed by atoms with Gasteiger partial charge in [-0.25, -0.2) is 0 Å². The Labute approximate surface area is 164 Å². The fourth-order valence-corrected chi connectivity index (χ4v) is 4.12. The molecule has 0 aliphatic rings. The lowest BCUT2D eigenvalue weighted by molar-refractivity contribution is -0.113. The van der Waals surface area contributed by atoms with Crippen molar-refractivity contribution < 1.29 is 9.53 Å². The van der Waals surface area contributed by atoms with Gasteiger partial charge in [0.25, 0.3) is 0 Å². The number of aromatic nitrogens is 3. The number of nitrogens with one attached hydrogen (secondary N) is 1. The monoisotopic (exact) mass is 408 g/mol. The van der Waals surface area contributed by atoms with E-state index in [-0.39, 0.29) is 11.7 Å². The molecule has 2 aromatic heterocycles. The first kappa shape index (κ1) is 18.8. The van der Waals surface area contributed by atoms with Crippen molar-refractivity contribution in [1.82, 2.24) is 14.8 Å². The molecule has 0 saturated carbocycles. The number of carbonyl (C=O) groups is 1. The summed E-state index contributed by atoms with van der Waals surface area (Å²) in [5.74, 6) is 1.48. The van der Waals surface area contributed by atoms with Crippen molar-refractivity contribution in [1.29, 1.82) is 0 Å². The van der Waals surface area contributed by atoms with Gasteiger partial charge in [-0.15, -0.1) is 21.5 Å². The average Bonchev–Trinajstić information content (AvgIpc) is 3.29. The zero-order chi connectivity index (χ0) is 18.5. The maximum Gasteiger partial charge on any atom is 0.234 e. The van der Waals surface area contributed by atoms with Gasteiger partial charge < -0.3 is 14.6 Å². The molecule has 0 atom stereocenters. The van der Waals surface area contributed by atoms with Gasteiger partial charge >= 0.3 is 0 Å². The Balaban J connectivity index is 1.64. The number of methoxy groups -OCH3 is 1. The molecule has 2 heterocycles. The van der Waals surface area contributed by atoms with E-state index in [0.29, 0.717) is 16.5 Å². The number of anilines is 1. The van der Waals surface area contributed by atoms with Crippen LogP contribution in [-0.4, -0.2) is 33.5 Å². The summed E-state index contributed by atoms with van der Waals surface area (Å²) in [5.41, 5.74) is 0.623. The van der Waals surface area contributed by atoms with Crippen molar-refractivity contribution >= 4 is 46.3 Å². The molecule has 0 aliphatic heterocycles. The summed E-state index contributed by atoms with van der Waals surface area (Å²) in [5, 5.41) is 14.5. The van der Waals surface area contributed by atoms with E-state index in [9.17, 15) is 4.79 Å². The van der Waals surface area contributed by atoms with Gasteiger partial charge in [-0.1, -0.05) is 29.4 Å². The van der Waals surface area contributed by atoms with Gasteiger partial charge in [-0.05, 0) is 36.6 Å². The number of benzene rings is 1. The largest absolute Gasteiger partial charge is 0.495 e. The summed E-state index contributed by atoms with van der Waals surface area (Å²) >= 11 is 9.04. The number of amides is 1. The summed E-state index contributed by atoms with van der Waals surface area (Å²) in [6.07, 6.45) is 0. The van der Waals surface area contributed by atoms with E-state index >= 15 is 0 Å². The minimum atomic E-state index is -0.139. The highest BCUT2D eigenvalue weighted by Gasteiger charge is 2.15. The highest BCUT2D eigenvalue weighted by molar-refractivity contribution is 7.99. The molecule has 1 amide bonds. The average molecular weight is 409 g/mol. The predicted octanol–water partition coefficient (Wildman–Crippen LogP) is 4.42. The van der Waals surface area contributed by atoms with Crippen molar-refractivity contribution in [3.63, 3.8) is 0 Å². The van der Waals surface area contributed by atoms with Crippen LogP contribution in [0.2, 0.25) is 5.02 Å². The fourth-order valence-electron chi connectivity index (χ4n) is 2.34. The van der Waals surface area contributed by atoms with E-state index in [4.69, 9.17) is 16.3 Å². The molecular formula is C17H17ClN4O2S2. The minimum Gasteiger partial charge on any atom is -0.495 e. The normalized spacial score (nSPS) is 10.7. The molecule has 0 bridgehead atoms. The van der Waals surface area contributed by atoms with Crippen LogP contribution in [0.25, 0.3) is 10.7 Å². The fraction of sp³-hybridized carbons (Fsp3) is 0.235. The zero-order valence-corrected chi connectivity index (χ0v) is 16.6. The maximum atomic E-state index is 12.2. The smallest absolute Gasteiger partial charge is 0.234 e. The quantitative estimate of drug-likeness (QED) is 0.586. The van der Waals surface area contributed by atoms with Crippen LogP contribution in [0.5, 0.6) is 5.75 Å². The predicted molar refractivity (Wildman–Crippen MR) is 106 cm³/mol. The Hall–Kier alpha value is -2.03. The van der Waals surface area contributed by atoms with Gasteiger partial charge in [-0.2, -0.15) is 0 Å². The van der Waals surface area contributed by atoms with E-state index in [0.717, 1.165) is 22.4 Å². The summed E-state index contributed by atoms with van der Waals surface area (Å²) < 4.78 is 7.11. The van der Waals surface area contributed by atoms with Crippen molar-refractivity contribution in [3.8, 4) is 16.5 Å². The first-order valence-corrected chi connectivity index (χ1v) is 10.1. The van der Waals surface area contributed by atoms with Crippen LogP contribution in [0.4, 0.5) is 5.69 Å². The molecule has 0 saturated heterocycles. The molecule has 26 heavy (non-hydrogen) atoms. The Morgan fingerprint density at radius 2 is 2.23 bits per heavy atom. The SMILES string of the molecule is CCn1c(SCC(=O)Nc2ccc(OC)c(Cl)c2)nnc1-c1cccs1. The standard InChI is InChI=1S/C17H17ClN4O2S2/c1-3-22-16(14-5-4-8-25-14)20-21-17(22)26-10-15(23)19-11-6-7-13(24-2)12(18)9-11/h4-9H,3,10H2,1-2H3,(H,19,23). The van der Waals surface area contributed by atoms with Crippen LogP contribution in [0.1, 0.15) is 6.92 Å². The van der Waals surface area contributed by atoms with Crippen LogP contribution in [0, 0.1) is 0 Å². The lowest BCUT2D eigenvalue weighted by Crippen LogP contribution is -2.14. The van der Waals surface area contributed by atoms with E-state index < -0.39 is 0 Å². The molecule has 1 aromatic carbocycles. The summed E-state index contributed by atoms with van der Waals surface area (Å²) in [4.78, 5) is 13.3. The molecule has 3 aromatic rings. The second-order valence-corrected chi connectivity index (χ2v) is 7.51. The maximum absolute atomic E-state index is 12.2. The second-order valence-electron chi connectivity index (χ2n) is 5.21. The van der Waals surface area contributed by atoms with Gasteiger partial charge in [0.2, 0.25) is 5.91 Å². The molecule has 3 rings (SSSR count). The summed E-state index contributed by atoms with van der Waals surface area (Å²) in [6, 6.07) is 9.11. The molecule has 0 radical (unpaired) electrons. The highest BCUT2D eigenvalue weighted by atomic mass is 35.5. The van der Waals surface area contributed by atoms with E-state index in [1.54, 1.807) is 36.6 Å². The molecular weight excluding hydrogens is 392 g/mol. The number of carbonyl (C=O) groups excluding carboxylic acids is 1. The van der Waals surface area contributed by atoms with Crippen LogP contribution in [0.15, 0.2) is 40.9 Å². The molecule has 1 N–H and O–H groups in total. The Bertz CT molecular complexity index is 896. The van der Waals surface area contributed by atoms with Gasteiger partial charge in [-0.3, -0.25) is 4.79 Å². The van der Waals surface area contributed by atoms with Gasteiger partial charge in [0.15, 0.2) is 11.0 Å². The second kappa shape index (κ2) is 8.57. The number of halogens is 1. The van der Waals surface area contributed by atoms with Crippen LogP contribution < -0.4 is 10.1 Å². The lowest BCUT2D eigenvalue weighted by atomic mass is 10.3. The van der Waals surface area contributed by atoms with Crippen molar-refractivity contribution in [2.24, 2.45) is 0 Å². The lowest BCUT2D eigenvalue weighted by Gasteiger charge is -2.08. The van der Waals surface area contributed by atoms with Gasteiger partial charge in [0, 0.05) is 12.2 Å². The third-order valence-corrected chi connectivity index (χ3v) is 5.67. The van der Waals surface area contributed by atoms with Crippen molar-refractivity contribution in [2.75, 3.05) is 18.2 Å². The molecule has 9 heteroatoms. The Morgan fingerprint density at radius 1 is 1.38 bits per heavy atom. The van der Waals surface area contributed by atoms with Crippen LogP contribution in [0.3, 0.4) is 0 Å². The van der Waals surface area contributed by atoms with Crippen molar-refractivity contribution in [2.45, 2.75) is 18.6 Å². The topological polar surface area (TPSA) is 69.0 Å². The third kappa shape index (κ3) is 4.20. The van der Waals surface area contributed by atoms with Gasteiger partial charge in [0.05, 0.1) is 22.8 Å². The molecule has 0 fully saturated rings. The molecule has 6 nitrogen and oxygen atoms in total. The first-order valence-electron chi connectivity index (χ1n) is 7.85. The number of thioether (sulfide) groups is 1. The number of ether oxygens (including phenoxy) is 1. The van der Waals surface area contributed by atoms with Crippen molar-refractivity contribution in [3.05, 3.63) is 40.7 Å². The molecule has 0 unspecified atom stereocenters. The Morgan fingerprint density at radius 3 is 2.88 bits per heavy atom. The minimum absolute atomic E-state index is 0.139. The van der Waals surface area contributed by atoms with Crippen LogP contribution in [-0.2, 0) is 11.3 Å². The third-order valence-electron chi connectivity index (χ3n) is 3.54. The summed E-state index contributed by atoms with van der Waals surface area (Å²) in [7, 11) is 1.55. The van der Waals surface area contributed by atoms with Crippen LogP contribution >= 0.6 is 34.7 Å².